The molecule has 1 heterocycles. The number of halogens is 2. The third kappa shape index (κ3) is 3.38. The molecular formula is C16H20ClFN2O. The first kappa shape index (κ1) is 15.8. The second-order valence-electron chi connectivity index (χ2n) is 6.46. The molecule has 1 unspecified atom stereocenters. The molecule has 2 rings (SSSR count). The van der Waals surface area contributed by atoms with Gasteiger partial charge in [0.25, 0.3) is 0 Å². The Hall–Kier alpha value is -1.55. The van der Waals surface area contributed by atoms with E-state index in [2.05, 4.69) is 32.9 Å². The Morgan fingerprint density at radius 1 is 1.38 bits per heavy atom. The zero-order valence-corrected chi connectivity index (χ0v) is 13.5. The zero-order chi connectivity index (χ0) is 15.8. The fourth-order valence-electron chi connectivity index (χ4n) is 2.04. The second-order valence-corrected chi connectivity index (χ2v) is 6.87. The van der Waals surface area contributed by atoms with Crippen molar-refractivity contribution in [2.24, 2.45) is 11.3 Å². The van der Waals surface area contributed by atoms with Crippen molar-refractivity contribution >= 4 is 17.4 Å². The molecule has 1 aromatic carbocycles. The number of hydrogen-bond acceptors (Lipinski definition) is 3. The molecule has 3 nitrogen and oxygen atoms in total. The number of nitrogens with two attached hydrogens (primary N) is 1. The Bertz CT molecular complexity index is 646. The van der Waals surface area contributed by atoms with Crippen LogP contribution in [-0.4, -0.2) is 5.16 Å². The molecule has 1 atom stereocenters. The number of aromatic nitrogens is 1. The van der Waals surface area contributed by atoms with Gasteiger partial charge in [-0.15, -0.1) is 0 Å². The summed E-state index contributed by atoms with van der Waals surface area (Å²) < 4.78 is 18.6. The van der Waals surface area contributed by atoms with Crippen molar-refractivity contribution in [3.63, 3.8) is 0 Å². The fraction of sp³-hybridized carbons (Fsp3) is 0.438. The van der Waals surface area contributed by atoms with Crippen LogP contribution in [0.25, 0.3) is 11.1 Å². The van der Waals surface area contributed by atoms with Gasteiger partial charge in [-0.25, -0.2) is 4.39 Å². The first-order valence-corrected chi connectivity index (χ1v) is 7.27. The van der Waals surface area contributed by atoms with Crippen molar-refractivity contribution < 1.29 is 8.91 Å². The first-order valence-electron chi connectivity index (χ1n) is 6.89. The van der Waals surface area contributed by atoms with E-state index >= 15 is 0 Å². The lowest BCUT2D eigenvalue weighted by atomic mass is 9.79. The molecule has 0 radical (unpaired) electrons. The standard InChI is InChI=1S/C16H20ClFN2O/c1-9(16(2,3)4)7-13-14(15(19)20-21-13)11-6-5-10(18)8-12(11)17/h5-6,8-9H,7H2,1-4H3,(H2,19,20). The summed E-state index contributed by atoms with van der Waals surface area (Å²) in [5.74, 6) is 0.939. The van der Waals surface area contributed by atoms with Gasteiger partial charge in [0.15, 0.2) is 5.82 Å². The zero-order valence-electron chi connectivity index (χ0n) is 12.7. The highest BCUT2D eigenvalue weighted by Crippen LogP contribution is 2.38. The van der Waals surface area contributed by atoms with Crippen molar-refractivity contribution in [2.45, 2.75) is 34.1 Å². The summed E-state index contributed by atoms with van der Waals surface area (Å²) in [6.07, 6.45) is 0.691. The number of nitrogens with zero attached hydrogens (tertiary/aromatic N) is 1. The third-order valence-electron chi connectivity index (χ3n) is 3.96. The minimum Gasteiger partial charge on any atom is -0.380 e. The maximum Gasteiger partial charge on any atom is 0.175 e. The highest BCUT2D eigenvalue weighted by atomic mass is 35.5. The molecule has 0 aliphatic heterocycles. The highest BCUT2D eigenvalue weighted by molar-refractivity contribution is 6.33. The summed E-state index contributed by atoms with van der Waals surface area (Å²) in [6.45, 7) is 8.65. The lowest BCUT2D eigenvalue weighted by molar-refractivity contribution is 0.240. The van der Waals surface area contributed by atoms with Crippen molar-refractivity contribution in [3.05, 3.63) is 34.8 Å². The lowest BCUT2D eigenvalue weighted by Gasteiger charge is -2.26. The van der Waals surface area contributed by atoms with E-state index in [1.807, 2.05) is 0 Å². The topological polar surface area (TPSA) is 52.0 Å². The Kier molecular flexibility index (Phi) is 4.28. The van der Waals surface area contributed by atoms with E-state index in [1.165, 1.54) is 12.1 Å². The summed E-state index contributed by atoms with van der Waals surface area (Å²) in [5, 5.41) is 4.14. The van der Waals surface area contributed by atoms with E-state index < -0.39 is 0 Å². The number of benzene rings is 1. The maximum absolute atomic E-state index is 13.2. The molecule has 2 aromatic rings. The van der Waals surface area contributed by atoms with Crippen molar-refractivity contribution in [1.29, 1.82) is 0 Å². The summed E-state index contributed by atoms with van der Waals surface area (Å²) in [7, 11) is 0. The van der Waals surface area contributed by atoms with E-state index in [0.29, 0.717) is 34.2 Å². The normalized spacial score (nSPS) is 13.4. The van der Waals surface area contributed by atoms with Crippen molar-refractivity contribution in [1.82, 2.24) is 5.16 Å². The van der Waals surface area contributed by atoms with E-state index in [0.717, 1.165) is 0 Å². The van der Waals surface area contributed by atoms with Crippen molar-refractivity contribution in [2.75, 3.05) is 5.73 Å². The third-order valence-corrected chi connectivity index (χ3v) is 4.27. The van der Waals surface area contributed by atoms with Crippen LogP contribution >= 0.6 is 11.6 Å². The van der Waals surface area contributed by atoms with Gasteiger partial charge in [0.05, 0.1) is 10.6 Å². The molecule has 0 saturated carbocycles. The van der Waals surface area contributed by atoms with Crippen LogP contribution in [0.15, 0.2) is 22.7 Å². The Morgan fingerprint density at radius 3 is 2.62 bits per heavy atom. The number of hydrogen-bond donors (Lipinski definition) is 1. The molecular weight excluding hydrogens is 291 g/mol. The Labute approximate surface area is 129 Å². The van der Waals surface area contributed by atoms with Crippen LogP contribution in [0.5, 0.6) is 0 Å². The van der Waals surface area contributed by atoms with Gasteiger partial charge in [-0.1, -0.05) is 44.5 Å². The number of rotatable bonds is 3. The maximum atomic E-state index is 13.2. The van der Waals surface area contributed by atoms with Gasteiger partial charge in [0, 0.05) is 12.0 Å². The van der Waals surface area contributed by atoms with E-state index in [4.69, 9.17) is 21.9 Å². The molecule has 0 fully saturated rings. The van der Waals surface area contributed by atoms with Crippen LogP contribution in [-0.2, 0) is 6.42 Å². The average Bonchev–Trinajstić information content (AvgIpc) is 2.70. The quantitative estimate of drug-likeness (QED) is 0.873. The van der Waals surface area contributed by atoms with Gasteiger partial charge in [-0.05, 0) is 29.5 Å². The molecule has 0 amide bonds. The molecule has 0 aliphatic rings. The predicted molar refractivity (Wildman–Crippen MR) is 83.6 cm³/mol. The minimum absolute atomic E-state index is 0.130. The van der Waals surface area contributed by atoms with E-state index in [1.54, 1.807) is 6.07 Å². The highest BCUT2D eigenvalue weighted by Gasteiger charge is 2.26. The molecule has 0 spiro atoms. The molecule has 114 valence electrons. The van der Waals surface area contributed by atoms with E-state index in [9.17, 15) is 4.39 Å². The molecule has 5 heteroatoms. The molecule has 1 aromatic heterocycles. The van der Waals surface area contributed by atoms with Crippen LogP contribution in [0.2, 0.25) is 5.02 Å². The van der Waals surface area contributed by atoms with Gasteiger partial charge in [0.2, 0.25) is 0 Å². The summed E-state index contributed by atoms with van der Waals surface area (Å²) in [4.78, 5) is 0. The van der Waals surface area contributed by atoms with Gasteiger partial charge in [0.1, 0.15) is 11.6 Å². The van der Waals surface area contributed by atoms with Crippen LogP contribution in [0.1, 0.15) is 33.5 Å². The van der Waals surface area contributed by atoms with Gasteiger partial charge in [-0.3, -0.25) is 0 Å². The van der Waals surface area contributed by atoms with Gasteiger partial charge >= 0.3 is 0 Å². The lowest BCUT2D eigenvalue weighted by Crippen LogP contribution is -2.19. The summed E-state index contributed by atoms with van der Waals surface area (Å²) in [5.41, 5.74) is 7.35. The number of anilines is 1. The molecule has 0 bridgehead atoms. The Balaban J connectivity index is 2.43. The summed E-state index contributed by atoms with van der Waals surface area (Å²) in [6, 6.07) is 4.22. The average molecular weight is 311 g/mol. The van der Waals surface area contributed by atoms with Crippen LogP contribution < -0.4 is 5.73 Å². The van der Waals surface area contributed by atoms with Crippen LogP contribution in [0.4, 0.5) is 10.2 Å². The number of nitrogen functional groups attached to an aromatic ring is 1. The summed E-state index contributed by atoms with van der Waals surface area (Å²) >= 11 is 6.13. The van der Waals surface area contributed by atoms with Gasteiger partial charge < -0.3 is 10.3 Å². The fourth-order valence-corrected chi connectivity index (χ4v) is 2.30. The SMILES string of the molecule is CC(Cc1onc(N)c1-c1ccc(F)cc1Cl)C(C)(C)C. The van der Waals surface area contributed by atoms with Gasteiger partial charge in [-0.2, -0.15) is 0 Å². The monoisotopic (exact) mass is 310 g/mol. The van der Waals surface area contributed by atoms with Crippen molar-refractivity contribution in [3.8, 4) is 11.1 Å². The minimum atomic E-state index is -0.386. The first-order chi connectivity index (χ1) is 9.70. The largest absolute Gasteiger partial charge is 0.380 e. The van der Waals surface area contributed by atoms with Crippen LogP contribution in [0.3, 0.4) is 0 Å². The Morgan fingerprint density at radius 2 is 2.05 bits per heavy atom. The van der Waals surface area contributed by atoms with E-state index in [-0.39, 0.29) is 17.1 Å². The smallest absolute Gasteiger partial charge is 0.175 e. The molecule has 0 saturated heterocycles. The second kappa shape index (κ2) is 5.68. The molecule has 2 N–H and O–H groups in total. The van der Waals surface area contributed by atoms with Crippen LogP contribution in [0, 0.1) is 17.2 Å². The molecule has 21 heavy (non-hydrogen) atoms. The predicted octanol–water partition coefficient (Wildman–Crippen LogP) is 4.94. The molecule has 0 aliphatic carbocycles.